The molecule has 0 aliphatic carbocycles. The van der Waals surface area contributed by atoms with Crippen molar-refractivity contribution in [2.24, 2.45) is 0 Å². The number of likely N-dealkylation sites (tertiary alicyclic amines) is 3. The van der Waals surface area contributed by atoms with Crippen LogP contribution in [-0.2, 0) is 35.1 Å². The average Bonchev–Trinajstić information content (AvgIpc) is 1.66. The standard InChI is InChI=1S/C13H16ClF2NOS.C13H17ClFNOS.C13H18ClNO2S.C12H15ClO2S.C10H12ClNO2S.C9H10F3NO3S.C9H13NO3S.C8H10ClNO3S.C8H10FNO3S/c1-9-7-10(12(14)19-9)11(18)3-2-5-17-6-4-13(15,16)8-17;1-9-7-11(13(14)18-9)12(17)3-2-5-16-6-4-10(15)8-16;1-9-7-11(13(14)18-9)12(17)3-2-5-15-6-4-10(16)8-15;1-3-9(14)5-4-6-11(15)10-7-8(2)16-12(10)13;1-6-5-7(10(11)15-6)8(13)3-4-9(14)12-2;1-5-4-6(7(17-5)9(10,11)12)8(15)13-16-3-2-14;1-6-5-8(7(2)14-6)9(12)10-13-4-3-11;2*1-5-4-6(7(9)14-5)8(12)10-13-3-2-11/h7H,2-6,8H2,1H3;7,10H,2-6,8H2,1H3;7,10,16H,2-6,8H2,1H3;7H,3-6H2,1-2H3;5H,3-4H2,1-2H3,(H,12,14);4,14H,2-3H2,1H3,(H,13,15);5,11H,3-4H2,1-2H3,(H,10,12);2*4,11H,2-3H2,1H3,(H,10,12). The average molecular weight is 2330 g/mol. The van der Waals surface area contributed by atoms with Gasteiger partial charge in [-0.2, -0.15) is 17.6 Å². The van der Waals surface area contributed by atoms with Crippen LogP contribution in [0.15, 0.2) is 54.6 Å². The quantitative estimate of drug-likeness (QED) is 0.00736. The number of nitrogens with one attached hydrogen (secondary N) is 5. The SMILES string of the molecule is CCC(=O)CCCC(=O)c1cc(C)sc1Cl.CNC(=O)CCC(=O)c1cc(C)sc1Cl.Cc1cc(C(=O)CCCN2CCC(F)(F)C2)c(Cl)s1.Cc1cc(C(=O)CCCN2CCC(F)C2)c(Cl)s1.Cc1cc(C(=O)CCCN2CCC(O)C2)c(Cl)s1.Cc1cc(C(=O)NOCCO)c(C(F)(F)F)s1.Cc1cc(C(=O)NOCCO)c(C)s1.Cc1cc(C(=O)NOCCO)c(Cl)s1.Cc1cc(C(=O)NOCCO)c(F)s1. The number of β-amino-alcohol motifs (C(OH)–C–C–N with tert-alkyl or cyclic N) is 1. The Labute approximate surface area is 903 Å². The van der Waals surface area contributed by atoms with Crippen LogP contribution in [0.1, 0.15) is 250 Å². The monoisotopic (exact) mass is 2320 g/mol. The minimum Gasteiger partial charge on any atom is -0.394 e. The fourth-order valence-electron chi connectivity index (χ4n) is 13.3. The second-order valence-corrected chi connectivity index (χ2v) is 47.5. The molecule has 28 nitrogen and oxygen atoms in total. The number of alkyl halides is 6. The van der Waals surface area contributed by atoms with Crippen LogP contribution in [0.5, 0.6) is 0 Å². The lowest BCUT2D eigenvalue weighted by Crippen LogP contribution is -2.26. The third-order valence-electron chi connectivity index (χ3n) is 20.2. The lowest BCUT2D eigenvalue weighted by molar-refractivity contribution is -0.134. The molecule has 0 aromatic carbocycles. The fraction of sp³-hybridized carbons (Fsp3) is 0.505. The molecule has 3 fully saturated rings. The van der Waals surface area contributed by atoms with E-state index in [1.54, 1.807) is 48.4 Å². The molecular weight excluding hydrogens is 2210 g/mol. The van der Waals surface area contributed by atoms with Gasteiger partial charge in [0.1, 0.15) is 42.9 Å². The summed E-state index contributed by atoms with van der Waals surface area (Å²) < 4.78 is 92.8. The number of rotatable bonds is 41. The molecule has 5 amide bonds. The van der Waals surface area contributed by atoms with Gasteiger partial charge < -0.3 is 40.6 Å². The molecule has 0 saturated carbocycles. The third-order valence-corrected chi connectivity index (χ3v) is 30.7. The molecule has 2 unspecified atom stereocenters. The number of thiophene rings is 9. The van der Waals surface area contributed by atoms with Crippen LogP contribution in [0.2, 0.25) is 26.0 Å². The summed E-state index contributed by atoms with van der Waals surface area (Å²) in [6, 6.07) is 15.2. The molecule has 2 atom stereocenters. The van der Waals surface area contributed by atoms with Crippen molar-refractivity contribution in [3.63, 3.8) is 0 Å². The summed E-state index contributed by atoms with van der Waals surface area (Å²) in [5.41, 5.74) is 11.8. The number of Topliss-reactive ketones (excluding diaryl/α,β-unsaturated/α-hetero) is 6. The summed E-state index contributed by atoms with van der Waals surface area (Å²) in [6.45, 7) is 25.0. The summed E-state index contributed by atoms with van der Waals surface area (Å²) in [5, 5.41) is 44.9. The van der Waals surface area contributed by atoms with Gasteiger partial charge in [0, 0.05) is 174 Å². The third kappa shape index (κ3) is 49.6. The second kappa shape index (κ2) is 68.4. The van der Waals surface area contributed by atoms with E-state index in [0.717, 1.165) is 113 Å². The van der Waals surface area contributed by atoms with Crippen LogP contribution >= 0.6 is 172 Å². The first-order valence-electron chi connectivity index (χ1n) is 45.3. The summed E-state index contributed by atoms with van der Waals surface area (Å²) in [7, 11) is 1.55. The number of ketones is 6. The molecule has 9 aromatic rings. The number of halogens is 13. The van der Waals surface area contributed by atoms with Gasteiger partial charge in [-0.3, -0.25) is 77.0 Å². The van der Waals surface area contributed by atoms with Crippen molar-refractivity contribution >= 4 is 236 Å². The Kier molecular flexibility index (Phi) is 61.6. The molecule has 3 aliphatic rings. The van der Waals surface area contributed by atoms with Crippen LogP contribution in [0, 0.1) is 74.4 Å². The first-order chi connectivity index (χ1) is 68.4. The molecule has 50 heteroatoms. The molecule has 10 N–H and O–H groups in total. The lowest BCUT2D eigenvalue weighted by Gasteiger charge is -2.14. The normalized spacial score (nSPS) is 14.1. The molecule has 0 radical (unpaired) electrons. The molecule has 3 aliphatic heterocycles. The number of amides is 5. The number of hydrogen-bond acceptors (Lipinski definition) is 32. The van der Waals surface area contributed by atoms with E-state index in [-0.39, 0.29) is 137 Å². The van der Waals surface area contributed by atoms with Gasteiger partial charge in [-0.1, -0.05) is 76.5 Å². The maximum Gasteiger partial charge on any atom is 0.426 e. The molecule has 12 heterocycles. The predicted octanol–water partition coefficient (Wildman–Crippen LogP) is 21.9. The van der Waals surface area contributed by atoms with E-state index in [2.05, 4.69) is 40.6 Å². The van der Waals surface area contributed by atoms with Crippen molar-refractivity contribution in [1.82, 2.24) is 41.9 Å². The fourth-order valence-corrected chi connectivity index (χ4v) is 23.4. The van der Waals surface area contributed by atoms with E-state index >= 15 is 0 Å². The molecule has 0 spiro atoms. The molecule has 9 aromatic heterocycles. The van der Waals surface area contributed by atoms with Crippen molar-refractivity contribution in [3.05, 3.63) is 189 Å². The topological polar surface area (TPSA) is 396 Å². The van der Waals surface area contributed by atoms with Gasteiger partial charge in [-0.05, 0) is 182 Å². The van der Waals surface area contributed by atoms with Crippen LogP contribution in [0.3, 0.4) is 0 Å². The van der Waals surface area contributed by atoms with Gasteiger partial charge in [0.05, 0.1) is 87.8 Å². The van der Waals surface area contributed by atoms with Gasteiger partial charge >= 0.3 is 6.18 Å². The summed E-state index contributed by atoms with van der Waals surface area (Å²) >= 11 is 47.0. The Hall–Kier alpha value is -6.56. The number of aliphatic hydroxyl groups is 5. The zero-order valence-electron chi connectivity index (χ0n) is 81.8. The number of nitrogens with zero attached hydrogens (tertiary/aromatic N) is 3. The zero-order valence-corrected chi connectivity index (χ0v) is 93.7. The Morgan fingerprint density at radius 3 is 1.03 bits per heavy atom. The Balaban J connectivity index is 0.000000341. The molecule has 12 rings (SSSR count). The van der Waals surface area contributed by atoms with E-state index in [9.17, 15) is 88.6 Å². The highest BCUT2D eigenvalue weighted by molar-refractivity contribution is 7.18. The molecule has 806 valence electrons. The van der Waals surface area contributed by atoms with Crippen LogP contribution in [0.4, 0.5) is 30.7 Å². The lowest BCUT2D eigenvalue weighted by atomic mass is 10.1. The maximum absolute atomic E-state index is 13.0. The minimum atomic E-state index is -4.57. The van der Waals surface area contributed by atoms with Gasteiger partial charge in [0.25, 0.3) is 29.6 Å². The second-order valence-electron chi connectivity index (χ2n) is 32.4. The van der Waals surface area contributed by atoms with E-state index in [1.807, 2.05) is 97.5 Å². The van der Waals surface area contributed by atoms with Crippen molar-refractivity contribution < 1.29 is 128 Å². The van der Waals surface area contributed by atoms with Crippen LogP contribution in [0.25, 0.3) is 0 Å². The van der Waals surface area contributed by atoms with Crippen LogP contribution < -0.4 is 27.2 Å². The van der Waals surface area contributed by atoms with Gasteiger partial charge in [0.2, 0.25) is 5.91 Å². The Morgan fingerprint density at radius 2 is 0.724 bits per heavy atom. The molecule has 0 bridgehead atoms. The van der Waals surface area contributed by atoms with E-state index in [1.165, 1.54) is 81.0 Å². The number of hydrogen-bond donors (Lipinski definition) is 10. The van der Waals surface area contributed by atoms with E-state index < -0.39 is 51.6 Å². The van der Waals surface area contributed by atoms with Crippen molar-refractivity contribution in [3.8, 4) is 0 Å². The largest absolute Gasteiger partial charge is 0.426 e. The first-order valence-corrected chi connectivity index (χ1v) is 54.9. The highest BCUT2D eigenvalue weighted by Crippen LogP contribution is 2.40. The first kappa shape index (κ1) is 131. The van der Waals surface area contributed by atoms with E-state index in [4.69, 9.17) is 94.9 Å². The van der Waals surface area contributed by atoms with Crippen molar-refractivity contribution in [2.75, 3.05) is 119 Å². The molecule has 3 saturated heterocycles. The zero-order chi connectivity index (χ0) is 109. The van der Waals surface area contributed by atoms with E-state index in [0.29, 0.717) is 159 Å². The molecular formula is C95H121Cl6F7N8O20S9. The number of carbonyl (C=O) groups excluding carboxylic acids is 11. The summed E-state index contributed by atoms with van der Waals surface area (Å²) in [6.07, 6.45) is 2.03. The number of hydroxylamine groups is 4. The highest BCUT2D eigenvalue weighted by Gasteiger charge is 2.39. The van der Waals surface area contributed by atoms with Crippen molar-refractivity contribution in [2.45, 2.75) is 197 Å². The highest BCUT2D eigenvalue weighted by atomic mass is 35.5. The summed E-state index contributed by atoms with van der Waals surface area (Å²) in [5.74, 6) is -4.57. The van der Waals surface area contributed by atoms with Crippen LogP contribution in [-0.4, -0.2) is 241 Å². The number of aliphatic hydroxyl groups excluding tert-OH is 5. The van der Waals surface area contributed by atoms with Gasteiger partial charge in [0.15, 0.2) is 34.0 Å². The Bertz CT molecular complexity index is 5390. The molecule has 145 heavy (non-hydrogen) atoms. The number of carbonyl (C=O) groups is 11. The number of aryl methyl sites for hydroxylation is 10. The minimum absolute atomic E-state index is 0.000284. The van der Waals surface area contributed by atoms with Crippen molar-refractivity contribution in [1.29, 1.82) is 0 Å². The predicted molar refractivity (Wildman–Crippen MR) is 564 cm³/mol. The van der Waals surface area contributed by atoms with Gasteiger partial charge in [-0.25, -0.2) is 35.1 Å². The summed E-state index contributed by atoms with van der Waals surface area (Å²) in [4.78, 5) is 159. The van der Waals surface area contributed by atoms with Gasteiger partial charge in [-0.15, -0.1) is 102 Å². The smallest absolute Gasteiger partial charge is 0.394 e. The Morgan fingerprint density at radius 1 is 0.407 bits per heavy atom. The maximum atomic E-state index is 13.0.